The molecule has 0 atom stereocenters. The van der Waals surface area contributed by atoms with Gasteiger partial charge in [0.25, 0.3) is 20.2 Å². The van der Waals surface area contributed by atoms with Crippen LogP contribution in [-0.2, 0) is 20.2 Å². The summed E-state index contributed by atoms with van der Waals surface area (Å²) >= 11 is 0. The lowest BCUT2D eigenvalue weighted by Crippen LogP contribution is -2.05. The minimum absolute atomic E-state index is 0.203. The molecule has 0 aliphatic rings. The van der Waals surface area contributed by atoms with Crippen molar-refractivity contribution in [2.24, 2.45) is 0 Å². The molecule has 4 N–H and O–H groups in total. The van der Waals surface area contributed by atoms with Crippen molar-refractivity contribution in [3.05, 3.63) is 47.5 Å². The minimum atomic E-state index is -4.80. The summed E-state index contributed by atoms with van der Waals surface area (Å²) in [7, 11) is -9.60. The Morgan fingerprint density at radius 1 is 0.615 bits per heavy atom. The van der Waals surface area contributed by atoms with Gasteiger partial charge < -0.3 is 10.2 Å². The maximum absolute atomic E-state index is 11.3. The van der Waals surface area contributed by atoms with Crippen LogP contribution in [0.25, 0.3) is 11.1 Å². The third-order valence-corrected chi connectivity index (χ3v) is 4.90. The number of aromatic carboxylic acids is 2. The van der Waals surface area contributed by atoms with E-state index in [4.69, 9.17) is 19.3 Å². The minimum Gasteiger partial charge on any atom is -0.478 e. The third-order valence-electron chi connectivity index (χ3n) is 3.24. The summed E-state index contributed by atoms with van der Waals surface area (Å²) in [5.41, 5.74) is -1.51. The molecule has 0 radical (unpaired) electrons. The van der Waals surface area contributed by atoms with Crippen LogP contribution < -0.4 is 0 Å². The average molecular weight is 402 g/mol. The number of rotatable bonds is 5. The van der Waals surface area contributed by atoms with Crippen LogP contribution in [0.15, 0.2) is 46.2 Å². The van der Waals surface area contributed by atoms with Gasteiger partial charge in [-0.15, -0.1) is 0 Å². The van der Waals surface area contributed by atoms with E-state index < -0.39 is 53.1 Å². The Balaban J connectivity index is 2.86. The van der Waals surface area contributed by atoms with Gasteiger partial charge in [-0.2, -0.15) is 16.8 Å². The summed E-state index contributed by atoms with van der Waals surface area (Å²) in [6.07, 6.45) is 0. The van der Waals surface area contributed by atoms with E-state index in [0.29, 0.717) is 12.1 Å². The molecule has 0 aliphatic carbocycles. The molecule has 0 unspecified atom stereocenters. The first-order valence-electron chi connectivity index (χ1n) is 6.51. The van der Waals surface area contributed by atoms with Gasteiger partial charge in [-0.3, -0.25) is 9.11 Å². The van der Waals surface area contributed by atoms with E-state index in [0.717, 1.165) is 24.3 Å². The molecule has 0 bridgehead atoms. The molecule has 0 saturated carbocycles. The van der Waals surface area contributed by atoms with E-state index >= 15 is 0 Å². The molecule has 0 amide bonds. The zero-order chi connectivity index (χ0) is 19.9. The monoisotopic (exact) mass is 402 g/mol. The maximum atomic E-state index is 11.3. The molecule has 2 rings (SSSR count). The highest BCUT2D eigenvalue weighted by Crippen LogP contribution is 2.28. The molecule has 0 saturated heterocycles. The Bertz CT molecular complexity index is 1040. The zero-order valence-electron chi connectivity index (χ0n) is 12.5. The smallest absolute Gasteiger partial charge is 0.335 e. The Morgan fingerprint density at radius 3 is 1.15 bits per heavy atom. The molecule has 0 fully saturated rings. The van der Waals surface area contributed by atoms with E-state index in [2.05, 4.69) is 0 Å². The molecule has 0 aromatic heterocycles. The second kappa shape index (κ2) is 6.49. The average Bonchev–Trinajstić information content (AvgIpc) is 2.52. The number of hydrogen-bond acceptors (Lipinski definition) is 6. The molecular formula is C14H10O10S2. The van der Waals surface area contributed by atoms with Crippen LogP contribution in [0.5, 0.6) is 0 Å². The first-order chi connectivity index (χ1) is 11.8. The first-order valence-corrected chi connectivity index (χ1v) is 9.39. The summed E-state index contributed by atoms with van der Waals surface area (Å²) in [5.74, 6) is -3.08. The Kier molecular flexibility index (Phi) is 4.88. The molecule has 26 heavy (non-hydrogen) atoms. The lowest BCUT2D eigenvalue weighted by molar-refractivity contribution is 0.0685. The highest BCUT2D eigenvalue weighted by molar-refractivity contribution is 7.86. The molecule has 0 heterocycles. The Labute approximate surface area is 146 Å². The van der Waals surface area contributed by atoms with Crippen molar-refractivity contribution in [1.29, 1.82) is 0 Å². The highest BCUT2D eigenvalue weighted by atomic mass is 32.2. The van der Waals surface area contributed by atoms with Crippen molar-refractivity contribution in [3.63, 3.8) is 0 Å². The fourth-order valence-electron chi connectivity index (χ4n) is 2.08. The van der Waals surface area contributed by atoms with Crippen LogP contribution in [-0.4, -0.2) is 48.1 Å². The molecule has 0 aliphatic heterocycles. The number of hydrogen-bond donors (Lipinski definition) is 4. The number of carbonyl (C=O) groups is 2. The number of carboxylic acids is 2. The second-order valence-electron chi connectivity index (χ2n) is 5.05. The molecule has 138 valence electrons. The molecule has 2 aromatic carbocycles. The Morgan fingerprint density at radius 2 is 0.923 bits per heavy atom. The van der Waals surface area contributed by atoms with Gasteiger partial charge in [0, 0.05) is 0 Å². The molecule has 10 nitrogen and oxygen atoms in total. The quantitative estimate of drug-likeness (QED) is 0.531. The van der Waals surface area contributed by atoms with Crippen molar-refractivity contribution < 1.29 is 45.7 Å². The zero-order valence-corrected chi connectivity index (χ0v) is 14.2. The van der Waals surface area contributed by atoms with Crippen molar-refractivity contribution in [2.45, 2.75) is 9.79 Å². The first kappa shape index (κ1) is 19.5. The van der Waals surface area contributed by atoms with Crippen LogP contribution in [0.4, 0.5) is 0 Å². The van der Waals surface area contributed by atoms with Gasteiger partial charge in [-0.1, -0.05) is 0 Å². The Hall–Kier alpha value is -2.80. The SMILES string of the molecule is O=C(O)c1cc(-c2cc(C(=O)O)cc(S(=O)(=O)O)c2)cc(S(=O)(=O)O)c1. The van der Waals surface area contributed by atoms with Crippen LogP contribution in [0.3, 0.4) is 0 Å². The van der Waals surface area contributed by atoms with Gasteiger partial charge in [-0.25, -0.2) is 9.59 Å². The van der Waals surface area contributed by atoms with Gasteiger partial charge in [0.1, 0.15) is 0 Å². The van der Waals surface area contributed by atoms with Crippen LogP contribution in [0.2, 0.25) is 0 Å². The van der Waals surface area contributed by atoms with Crippen molar-refractivity contribution in [2.75, 3.05) is 0 Å². The normalized spacial score (nSPS) is 11.9. The number of carboxylic acid groups (broad SMARTS) is 2. The highest BCUT2D eigenvalue weighted by Gasteiger charge is 2.19. The van der Waals surface area contributed by atoms with Gasteiger partial charge in [0.2, 0.25) is 0 Å². The van der Waals surface area contributed by atoms with Crippen molar-refractivity contribution in [3.8, 4) is 11.1 Å². The second-order valence-corrected chi connectivity index (χ2v) is 7.90. The lowest BCUT2D eigenvalue weighted by atomic mass is 10.0. The van der Waals surface area contributed by atoms with E-state index in [9.17, 15) is 26.4 Å². The molecule has 2 aromatic rings. The van der Waals surface area contributed by atoms with E-state index in [-0.39, 0.29) is 11.1 Å². The predicted octanol–water partition coefficient (Wildman–Crippen LogP) is 1.24. The third kappa shape index (κ3) is 4.23. The standard InChI is InChI=1S/C14H10O10S2/c15-13(16)9-1-7(3-11(5-9)25(19,20)21)8-2-10(14(17)18)6-12(4-8)26(22,23)24/h1-6H,(H,15,16)(H,17,18)(H,19,20,21)(H,22,23,24). The van der Waals surface area contributed by atoms with Crippen LogP contribution in [0.1, 0.15) is 20.7 Å². The van der Waals surface area contributed by atoms with Crippen molar-refractivity contribution in [1.82, 2.24) is 0 Å². The summed E-state index contributed by atoms with van der Waals surface area (Å²) in [4.78, 5) is 20.7. The molecule has 0 spiro atoms. The van der Waals surface area contributed by atoms with Gasteiger partial charge >= 0.3 is 11.9 Å². The fraction of sp³-hybridized carbons (Fsp3) is 0. The lowest BCUT2D eigenvalue weighted by Gasteiger charge is -2.09. The topological polar surface area (TPSA) is 183 Å². The number of benzene rings is 2. The van der Waals surface area contributed by atoms with Gasteiger partial charge in [0.15, 0.2) is 0 Å². The molecule has 12 heteroatoms. The van der Waals surface area contributed by atoms with Gasteiger partial charge in [-0.05, 0) is 47.5 Å². The van der Waals surface area contributed by atoms with E-state index in [1.54, 1.807) is 0 Å². The van der Waals surface area contributed by atoms with Crippen LogP contribution in [0, 0.1) is 0 Å². The predicted molar refractivity (Wildman–Crippen MR) is 85.4 cm³/mol. The van der Waals surface area contributed by atoms with Crippen LogP contribution >= 0.6 is 0 Å². The van der Waals surface area contributed by atoms with Crippen molar-refractivity contribution >= 4 is 32.2 Å². The summed E-state index contributed by atoms with van der Waals surface area (Å²) in [6.45, 7) is 0. The molecular weight excluding hydrogens is 392 g/mol. The summed E-state index contributed by atoms with van der Waals surface area (Å²) in [5, 5.41) is 18.1. The fourth-order valence-corrected chi connectivity index (χ4v) is 3.18. The largest absolute Gasteiger partial charge is 0.478 e. The maximum Gasteiger partial charge on any atom is 0.335 e. The van der Waals surface area contributed by atoms with E-state index in [1.807, 2.05) is 0 Å². The van der Waals surface area contributed by atoms with E-state index in [1.165, 1.54) is 0 Å². The van der Waals surface area contributed by atoms with Gasteiger partial charge in [0.05, 0.1) is 20.9 Å². The summed E-state index contributed by atoms with van der Waals surface area (Å²) in [6, 6.07) is 4.91. The summed E-state index contributed by atoms with van der Waals surface area (Å²) < 4.78 is 63.6.